The maximum Gasteiger partial charge on any atom is 0.0606 e. The average Bonchev–Trinajstić information content (AvgIpc) is 2.48. The Bertz CT molecular complexity index is 599. The third kappa shape index (κ3) is 4.77. The number of nitrogens with zero attached hydrogens (tertiary/aromatic N) is 2. The standard InChI is InChI=1S/C16H18ClN3O/c1-20(9-10-21)16-7-5-13(6-8-16)12-18-19-15-4-2-3-14(17)11-15/h2-8,11-12,19,21H,9-10H2,1H3/b18-12-. The molecule has 0 heterocycles. The molecule has 0 unspecified atom stereocenters. The molecule has 2 rings (SSSR count). The minimum absolute atomic E-state index is 0.142. The number of anilines is 2. The van der Waals surface area contributed by atoms with Crippen molar-refractivity contribution in [2.24, 2.45) is 5.10 Å². The van der Waals surface area contributed by atoms with Gasteiger partial charge in [0.05, 0.1) is 18.5 Å². The van der Waals surface area contributed by atoms with Gasteiger partial charge in [-0.05, 0) is 35.9 Å². The molecule has 0 aliphatic carbocycles. The molecule has 0 atom stereocenters. The van der Waals surface area contributed by atoms with Crippen molar-refractivity contribution in [2.45, 2.75) is 0 Å². The van der Waals surface area contributed by atoms with Crippen molar-refractivity contribution in [3.05, 3.63) is 59.1 Å². The zero-order chi connectivity index (χ0) is 15.1. The van der Waals surface area contributed by atoms with Crippen molar-refractivity contribution in [1.82, 2.24) is 0 Å². The van der Waals surface area contributed by atoms with Crippen LogP contribution in [0.25, 0.3) is 0 Å². The molecule has 0 bridgehead atoms. The van der Waals surface area contributed by atoms with Crippen molar-refractivity contribution in [3.63, 3.8) is 0 Å². The Balaban J connectivity index is 1.95. The topological polar surface area (TPSA) is 47.9 Å². The molecule has 0 aromatic heterocycles. The van der Waals surface area contributed by atoms with E-state index in [4.69, 9.17) is 16.7 Å². The molecule has 21 heavy (non-hydrogen) atoms. The Morgan fingerprint density at radius 1 is 1.24 bits per heavy atom. The highest BCUT2D eigenvalue weighted by Crippen LogP contribution is 2.15. The molecule has 2 aromatic rings. The van der Waals surface area contributed by atoms with Crippen LogP contribution in [0.4, 0.5) is 11.4 Å². The van der Waals surface area contributed by atoms with Crippen LogP contribution in [0.1, 0.15) is 5.56 Å². The molecule has 4 nitrogen and oxygen atoms in total. The summed E-state index contributed by atoms with van der Waals surface area (Å²) in [5.74, 6) is 0. The van der Waals surface area contributed by atoms with Crippen LogP contribution < -0.4 is 10.3 Å². The Morgan fingerprint density at radius 2 is 2.00 bits per heavy atom. The first-order valence-corrected chi connectivity index (χ1v) is 7.03. The largest absolute Gasteiger partial charge is 0.395 e. The third-order valence-corrected chi connectivity index (χ3v) is 3.24. The molecule has 2 aromatic carbocycles. The lowest BCUT2D eigenvalue weighted by Crippen LogP contribution is -2.20. The summed E-state index contributed by atoms with van der Waals surface area (Å²) in [5, 5.41) is 13.8. The molecule has 0 aliphatic heterocycles. The minimum atomic E-state index is 0.142. The summed E-state index contributed by atoms with van der Waals surface area (Å²) < 4.78 is 0. The molecule has 0 amide bonds. The first kappa shape index (κ1) is 15.4. The fraction of sp³-hybridized carbons (Fsp3) is 0.188. The van der Waals surface area contributed by atoms with E-state index in [1.54, 1.807) is 6.21 Å². The van der Waals surface area contributed by atoms with Crippen LogP contribution in [0, 0.1) is 0 Å². The van der Waals surface area contributed by atoms with Gasteiger partial charge >= 0.3 is 0 Å². The molecule has 0 saturated carbocycles. The zero-order valence-electron chi connectivity index (χ0n) is 11.8. The van der Waals surface area contributed by atoms with Crippen LogP contribution in [0.3, 0.4) is 0 Å². The number of likely N-dealkylation sites (N-methyl/N-ethyl adjacent to an activating group) is 1. The second-order valence-corrected chi connectivity index (χ2v) is 5.05. The summed E-state index contributed by atoms with van der Waals surface area (Å²) in [5.41, 5.74) is 5.83. The summed E-state index contributed by atoms with van der Waals surface area (Å²) in [4.78, 5) is 1.99. The highest BCUT2D eigenvalue weighted by atomic mass is 35.5. The van der Waals surface area contributed by atoms with Crippen LogP contribution in [0.5, 0.6) is 0 Å². The second-order valence-electron chi connectivity index (χ2n) is 4.62. The predicted molar refractivity (Wildman–Crippen MR) is 89.5 cm³/mol. The van der Waals surface area contributed by atoms with E-state index in [1.165, 1.54) is 0 Å². The number of hydrogen-bond acceptors (Lipinski definition) is 4. The van der Waals surface area contributed by atoms with E-state index < -0.39 is 0 Å². The maximum atomic E-state index is 8.92. The molecular weight excluding hydrogens is 286 g/mol. The third-order valence-electron chi connectivity index (χ3n) is 3.00. The lowest BCUT2D eigenvalue weighted by atomic mass is 10.2. The predicted octanol–water partition coefficient (Wildman–Crippen LogP) is 3.21. The summed E-state index contributed by atoms with van der Waals surface area (Å²) in [7, 11) is 1.94. The van der Waals surface area contributed by atoms with Crippen molar-refractivity contribution in [3.8, 4) is 0 Å². The molecule has 2 N–H and O–H groups in total. The number of nitrogens with one attached hydrogen (secondary N) is 1. The molecular formula is C16H18ClN3O. The Hall–Kier alpha value is -2.04. The van der Waals surface area contributed by atoms with Crippen LogP contribution in [-0.2, 0) is 0 Å². The van der Waals surface area contributed by atoms with Gasteiger partial charge in [0.15, 0.2) is 0 Å². The maximum absolute atomic E-state index is 8.92. The zero-order valence-corrected chi connectivity index (χ0v) is 12.6. The lowest BCUT2D eigenvalue weighted by molar-refractivity contribution is 0.304. The fourth-order valence-corrected chi connectivity index (χ4v) is 2.02. The van der Waals surface area contributed by atoms with Crippen molar-refractivity contribution >= 4 is 29.2 Å². The summed E-state index contributed by atoms with van der Waals surface area (Å²) >= 11 is 5.90. The van der Waals surface area contributed by atoms with E-state index in [2.05, 4.69) is 10.5 Å². The molecule has 0 radical (unpaired) electrons. The molecule has 0 saturated heterocycles. The normalized spacial score (nSPS) is 10.8. The van der Waals surface area contributed by atoms with Crippen molar-refractivity contribution in [2.75, 3.05) is 30.5 Å². The summed E-state index contributed by atoms with van der Waals surface area (Å²) in [6, 6.07) is 15.3. The smallest absolute Gasteiger partial charge is 0.0606 e. The summed E-state index contributed by atoms with van der Waals surface area (Å²) in [6.45, 7) is 0.757. The van der Waals surface area contributed by atoms with Gasteiger partial charge in [0.2, 0.25) is 0 Å². The van der Waals surface area contributed by atoms with Gasteiger partial charge in [-0.2, -0.15) is 5.10 Å². The number of halogens is 1. The fourth-order valence-electron chi connectivity index (χ4n) is 1.83. The van der Waals surface area contributed by atoms with Crippen LogP contribution >= 0.6 is 11.6 Å². The molecule has 0 fully saturated rings. The van der Waals surface area contributed by atoms with Crippen LogP contribution in [-0.4, -0.2) is 31.5 Å². The second kappa shape index (κ2) is 7.67. The Labute approximate surface area is 129 Å². The Morgan fingerprint density at radius 3 is 2.67 bits per heavy atom. The van der Waals surface area contributed by atoms with Gasteiger partial charge in [0.1, 0.15) is 0 Å². The van der Waals surface area contributed by atoms with Gasteiger partial charge in [-0.3, -0.25) is 5.43 Å². The van der Waals surface area contributed by atoms with Gasteiger partial charge in [0.25, 0.3) is 0 Å². The Kier molecular flexibility index (Phi) is 5.60. The highest BCUT2D eigenvalue weighted by molar-refractivity contribution is 6.30. The number of hydrogen-bond donors (Lipinski definition) is 2. The molecule has 5 heteroatoms. The van der Waals surface area contributed by atoms with E-state index >= 15 is 0 Å². The average molecular weight is 304 g/mol. The quantitative estimate of drug-likeness (QED) is 0.636. The molecule has 110 valence electrons. The van der Waals surface area contributed by atoms with E-state index in [0.29, 0.717) is 11.6 Å². The van der Waals surface area contributed by atoms with E-state index in [1.807, 2.05) is 60.5 Å². The first-order valence-electron chi connectivity index (χ1n) is 6.66. The molecule has 0 aliphatic rings. The monoisotopic (exact) mass is 303 g/mol. The number of aliphatic hydroxyl groups excluding tert-OH is 1. The number of hydrazone groups is 1. The van der Waals surface area contributed by atoms with Gasteiger partial charge in [-0.1, -0.05) is 29.8 Å². The van der Waals surface area contributed by atoms with E-state index in [-0.39, 0.29) is 6.61 Å². The molecule has 0 spiro atoms. The van der Waals surface area contributed by atoms with Crippen LogP contribution in [0.2, 0.25) is 5.02 Å². The van der Waals surface area contributed by atoms with Gasteiger partial charge in [-0.25, -0.2) is 0 Å². The first-order chi connectivity index (χ1) is 10.2. The number of benzene rings is 2. The summed E-state index contributed by atoms with van der Waals surface area (Å²) in [6.07, 6.45) is 1.75. The highest BCUT2D eigenvalue weighted by Gasteiger charge is 1.99. The van der Waals surface area contributed by atoms with Gasteiger partial charge in [-0.15, -0.1) is 0 Å². The SMILES string of the molecule is CN(CCO)c1ccc(/C=N\Nc2cccc(Cl)c2)cc1. The van der Waals surface area contributed by atoms with Crippen LogP contribution in [0.15, 0.2) is 53.6 Å². The van der Waals surface area contributed by atoms with E-state index in [9.17, 15) is 0 Å². The lowest BCUT2D eigenvalue weighted by Gasteiger charge is -2.17. The minimum Gasteiger partial charge on any atom is -0.395 e. The van der Waals surface area contributed by atoms with Gasteiger partial charge < -0.3 is 10.0 Å². The van der Waals surface area contributed by atoms with Gasteiger partial charge in [0, 0.05) is 24.3 Å². The van der Waals surface area contributed by atoms with Crippen molar-refractivity contribution < 1.29 is 5.11 Å². The number of aliphatic hydroxyl groups is 1. The van der Waals surface area contributed by atoms with Crippen molar-refractivity contribution in [1.29, 1.82) is 0 Å². The number of rotatable bonds is 6. The van der Waals surface area contributed by atoms with E-state index in [0.717, 1.165) is 16.9 Å².